The first-order chi connectivity index (χ1) is 10.2. The summed E-state index contributed by atoms with van der Waals surface area (Å²) in [6.07, 6.45) is 0.164. The van der Waals surface area contributed by atoms with Crippen molar-refractivity contribution in [3.63, 3.8) is 0 Å². The van der Waals surface area contributed by atoms with E-state index in [0.29, 0.717) is 6.61 Å². The molecule has 0 radical (unpaired) electrons. The molecule has 0 amide bonds. The number of halogens is 1. The van der Waals surface area contributed by atoms with E-state index >= 15 is 0 Å². The molecule has 0 saturated heterocycles. The molecule has 0 saturated carbocycles. The molecule has 4 nitrogen and oxygen atoms in total. The van der Waals surface area contributed by atoms with Gasteiger partial charge in [-0.2, -0.15) is 0 Å². The summed E-state index contributed by atoms with van der Waals surface area (Å²) in [6.45, 7) is 2.14. The van der Waals surface area contributed by atoms with E-state index in [1.54, 1.807) is 11.3 Å². The first kappa shape index (κ1) is 16.9. The molecule has 3 aromatic rings. The molecular formula is C15H14BrNO3S2. The van der Waals surface area contributed by atoms with Gasteiger partial charge in [0, 0.05) is 5.56 Å². The average Bonchev–Trinajstić information content (AvgIpc) is 3.02. The molecule has 2 heterocycles. The Hall–Kier alpha value is -1.44. The maximum Gasteiger partial charge on any atom is 0.391 e. The fourth-order valence-corrected chi connectivity index (χ4v) is 4.35. The highest BCUT2D eigenvalue weighted by molar-refractivity contribution is 7.36. The van der Waals surface area contributed by atoms with Crippen LogP contribution in [-0.2, 0) is 16.0 Å². The van der Waals surface area contributed by atoms with Gasteiger partial charge in [-0.15, -0.1) is 4.40 Å². The molecule has 1 N–H and O–H groups in total. The molecule has 0 fully saturated rings. The van der Waals surface area contributed by atoms with Gasteiger partial charge in [0.25, 0.3) is 0 Å². The average molecular weight is 400 g/mol. The summed E-state index contributed by atoms with van der Waals surface area (Å²) in [5, 5.41) is 12.4. The zero-order valence-electron chi connectivity index (χ0n) is 11.8. The third kappa shape index (κ3) is 3.16. The lowest BCUT2D eigenvalue weighted by Gasteiger charge is -1.97. The summed E-state index contributed by atoms with van der Waals surface area (Å²) >= 11 is 3.04. The van der Waals surface area contributed by atoms with E-state index in [1.807, 2.05) is 35.7 Å². The zero-order valence-corrected chi connectivity index (χ0v) is 15.0. The van der Waals surface area contributed by atoms with Crippen molar-refractivity contribution < 1.29 is 36.0 Å². The maximum absolute atomic E-state index is 11.6. The van der Waals surface area contributed by atoms with Crippen LogP contribution in [0.5, 0.6) is 5.88 Å². The number of fused-ring (bicyclic) bond motifs is 1. The van der Waals surface area contributed by atoms with Crippen molar-refractivity contribution in [2.24, 2.45) is 0 Å². The number of hydrogen-bond acceptors (Lipinski definition) is 5. The number of carbonyl (C=O) groups is 1. The molecule has 0 unspecified atom stereocenters. The minimum absolute atomic E-state index is 0. The number of aromatic nitrogens is 1. The molecule has 116 valence electrons. The van der Waals surface area contributed by atoms with Crippen LogP contribution in [0.3, 0.4) is 0 Å². The van der Waals surface area contributed by atoms with Gasteiger partial charge in [0.15, 0.2) is 4.88 Å². The predicted molar refractivity (Wildman–Crippen MR) is 82.8 cm³/mol. The van der Waals surface area contributed by atoms with Gasteiger partial charge in [-0.1, -0.05) is 41.7 Å². The van der Waals surface area contributed by atoms with E-state index in [9.17, 15) is 9.90 Å². The molecule has 1 aromatic carbocycles. The highest BCUT2D eigenvalue weighted by Gasteiger charge is 2.28. The number of ether oxygens (including phenoxy) is 1. The molecule has 3 rings (SSSR count). The Morgan fingerprint density at radius 2 is 2.05 bits per heavy atom. The largest absolute Gasteiger partial charge is 1.00 e. The molecule has 22 heavy (non-hydrogen) atoms. The van der Waals surface area contributed by atoms with Gasteiger partial charge in [0.1, 0.15) is 6.42 Å². The van der Waals surface area contributed by atoms with Crippen LogP contribution in [0.1, 0.15) is 12.6 Å². The second-order valence-corrected chi connectivity index (χ2v) is 6.55. The summed E-state index contributed by atoms with van der Waals surface area (Å²) in [5.74, 6) is -0.0988. The lowest BCUT2D eigenvalue weighted by molar-refractivity contribution is -0.522. The van der Waals surface area contributed by atoms with Crippen molar-refractivity contribution in [3.05, 3.63) is 41.4 Å². The van der Waals surface area contributed by atoms with Gasteiger partial charge in [-0.25, -0.2) is 0 Å². The number of nitrogens with zero attached hydrogens (tertiary/aromatic N) is 1. The molecule has 2 aromatic heterocycles. The van der Waals surface area contributed by atoms with Crippen LogP contribution in [0, 0.1) is 0 Å². The van der Waals surface area contributed by atoms with E-state index in [0.717, 1.165) is 20.3 Å². The standard InChI is InChI=1S/C15H13NO3S2.BrH/c1-2-19-12(17)8-11-9-20-15-16(11)14(18)13(21-15)10-6-4-3-5-7-10;/h3-7,9H,2,8H2,1H3;1H. The highest BCUT2D eigenvalue weighted by Crippen LogP contribution is 2.36. The third-order valence-electron chi connectivity index (χ3n) is 3.04. The number of rotatable bonds is 4. The Morgan fingerprint density at radius 1 is 1.32 bits per heavy atom. The first-order valence-corrected chi connectivity index (χ1v) is 8.25. The van der Waals surface area contributed by atoms with Gasteiger partial charge < -0.3 is 26.8 Å². The van der Waals surface area contributed by atoms with Gasteiger partial charge in [0.2, 0.25) is 5.69 Å². The van der Waals surface area contributed by atoms with Crippen LogP contribution in [0.2, 0.25) is 0 Å². The highest BCUT2D eigenvalue weighted by atomic mass is 79.9. The van der Waals surface area contributed by atoms with Crippen molar-refractivity contribution >= 4 is 32.8 Å². The molecule has 0 bridgehead atoms. The monoisotopic (exact) mass is 399 g/mol. The molecule has 7 heteroatoms. The molecule has 0 aliphatic heterocycles. The van der Waals surface area contributed by atoms with Crippen LogP contribution in [0.25, 0.3) is 14.6 Å². The molecular weight excluding hydrogens is 386 g/mol. The lowest BCUT2D eigenvalue weighted by atomic mass is 10.2. The van der Waals surface area contributed by atoms with Gasteiger partial charge in [-0.05, 0) is 18.3 Å². The van der Waals surface area contributed by atoms with Crippen molar-refractivity contribution in [2.75, 3.05) is 6.61 Å². The van der Waals surface area contributed by atoms with Gasteiger partial charge >= 0.3 is 16.0 Å². The number of thiazole rings is 2. The molecule has 0 atom stereocenters. The van der Waals surface area contributed by atoms with Crippen molar-refractivity contribution in [2.45, 2.75) is 13.3 Å². The number of esters is 1. The SMILES string of the molecule is CCOC(=O)Cc1csc2sc(-c3ccccc3)c(O)[n+]12.[Br-]. The van der Waals surface area contributed by atoms with Crippen LogP contribution in [0.15, 0.2) is 35.7 Å². The Labute approximate surface area is 146 Å². The number of benzene rings is 1. The minimum Gasteiger partial charge on any atom is -1.00 e. The summed E-state index contributed by atoms with van der Waals surface area (Å²) in [5.41, 5.74) is 1.72. The Morgan fingerprint density at radius 3 is 2.73 bits per heavy atom. The fourth-order valence-electron chi connectivity index (χ4n) is 2.13. The number of aromatic hydroxyl groups is 1. The van der Waals surface area contributed by atoms with Crippen molar-refractivity contribution in [1.29, 1.82) is 0 Å². The Balaban J connectivity index is 0.00000176. The van der Waals surface area contributed by atoms with E-state index in [-0.39, 0.29) is 35.3 Å². The fraction of sp³-hybridized carbons (Fsp3) is 0.200. The van der Waals surface area contributed by atoms with E-state index in [4.69, 9.17) is 4.74 Å². The number of carbonyl (C=O) groups excluding carboxylic acids is 1. The third-order valence-corrected chi connectivity index (χ3v) is 5.33. The second-order valence-electron chi connectivity index (χ2n) is 4.43. The minimum atomic E-state index is -0.281. The van der Waals surface area contributed by atoms with Crippen LogP contribution < -0.4 is 21.4 Å². The van der Waals surface area contributed by atoms with E-state index in [2.05, 4.69) is 0 Å². The van der Waals surface area contributed by atoms with Gasteiger partial charge in [0.05, 0.1) is 12.0 Å². The summed E-state index contributed by atoms with van der Waals surface area (Å²) in [7, 11) is 0. The molecule has 0 aliphatic carbocycles. The van der Waals surface area contributed by atoms with Crippen LogP contribution in [-0.4, -0.2) is 17.7 Å². The zero-order chi connectivity index (χ0) is 14.8. The molecule has 0 aliphatic rings. The molecule has 0 spiro atoms. The number of hydrogen-bond donors (Lipinski definition) is 1. The smallest absolute Gasteiger partial charge is 0.391 e. The van der Waals surface area contributed by atoms with Crippen molar-refractivity contribution in [1.82, 2.24) is 0 Å². The predicted octanol–water partition coefficient (Wildman–Crippen LogP) is 0.0305. The second kappa shape index (κ2) is 7.21. The summed E-state index contributed by atoms with van der Waals surface area (Å²) in [4.78, 5) is 12.4. The van der Waals surface area contributed by atoms with Crippen LogP contribution in [0.4, 0.5) is 0 Å². The lowest BCUT2D eigenvalue weighted by Crippen LogP contribution is -3.00. The quantitative estimate of drug-likeness (QED) is 0.497. The Bertz CT molecular complexity index is 783. The van der Waals surface area contributed by atoms with Gasteiger partial charge in [-0.3, -0.25) is 4.79 Å². The van der Waals surface area contributed by atoms with E-state index < -0.39 is 0 Å². The normalized spacial score (nSPS) is 10.4. The van der Waals surface area contributed by atoms with Crippen LogP contribution >= 0.6 is 22.7 Å². The summed E-state index contributed by atoms with van der Waals surface area (Å²) in [6, 6.07) is 9.73. The maximum atomic E-state index is 11.6. The first-order valence-electron chi connectivity index (χ1n) is 6.55. The topological polar surface area (TPSA) is 50.6 Å². The Kier molecular flexibility index (Phi) is 5.55. The van der Waals surface area contributed by atoms with E-state index in [1.165, 1.54) is 22.7 Å². The van der Waals surface area contributed by atoms with Crippen molar-refractivity contribution in [3.8, 4) is 16.3 Å². The summed E-state index contributed by atoms with van der Waals surface area (Å²) < 4.78 is 7.65.